The SMILES string of the molecule is CCOc1cc(/C=C(\C#N)C(=O)Nc2c(Br)cc(C)cc2Br)cc(I)c1OC(=O)c1ccc(OC)cc1. The zero-order valence-corrected chi connectivity index (χ0v) is 25.4. The number of nitrogens with zero attached hydrogens (tertiary/aromatic N) is 1. The van der Waals surface area contributed by atoms with Gasteiger partial charge in [0.15, 0.2) is 11.5 Å². The highest BCUT2D eigenvalue weighted by atomic mass is 127. The molecule has 0 heterocycles. The van der Waals surface area contributed by atoms with Crippen LogP contribution in [0.1, 0.15) is 28.4 Å². The lowest BCUT2D eigenvalue weighted by atomic mass is 10.1. The van der Waals surface area contributed by atoms with Crippen LogP contribution in [0.15, 0.2) is 63.0 Å². The Morgan fingerprint density at radius 1 is 1.11 bits per heavy atom. The van der Waals surface area contributed by atoms with Gasteiger partial charge in [-0.1, -0.05) is 0 Å². The third-order valence-electron chi connectivity index (χ3n) is 4.95. The van der Waals surface area contributed by atoms with Gasteiger partial charge in [0.05, 0.1) is 28.5 Å². The highest BCUT2D eigenvalue weighted by Gasteiger charge is 2.19. The molecule has 0 spiro atoms. The summed E-state index contributed by atoms with van der Waals surface area (Å²) in [6.45, 7) is 4.05. The van der Waals surface area contributed by atoms with Gasteiger partial charge in [-0.3, -0.25) is 4.79 Å². The first kappa shape index (κ1) is 28.7. The fourth-order valence-corrected chi connectivity index (χ4v) is 5.58. The van der Waals surface area contributed by atoms with Gasteiger partial charge < -0.3 is 19.5 Å². The first-order chi connectivity index (χ1) is 17.7. The minimum absolute atomic E-state index is 0.111. The fraction of sp³-hybridized carbons (Fsp3) is 0.148. The fourth-order valence-electron chi connectivity index (χ4n) is 3.23. The molecule has 0 fully saturated rings. The molecule has 0 saturated heterocycles. The number of benzene rings is 3. The molecule has 1 N–H and O–H groups in total. The third kappa shape index (κ3) is 7.34. The van der Waals surface area contributed by atoms with Crippen molar-refractivity contribution in [2.45, 2.75) is 13.8 Å². The maximum Gasteiger partial charge on any atom is 0.343 e. The van der Waals surface area contributed by atoms with E-state index in [0.29, 0.717) is 47.4 Å². The zero-order valence-electron chi connectivity index (χ0n) is 20.0. The number of amides is 1. The molecule has 10 heteroatoms. The molecule has 0 aromatic heterocycles. The van der Waals surface area contributed by atoms with Gasteiger partial charge in [0, 0.05) is 8.95 Å². The Morgan fingerprint density at radius 2 is 1.76 bits per heavy atom. The molecule has 0 atom stereocenters. The zero-order chi connectivity index (χ0) is 27.1. The molecule has 0 radical (unpaired) electrons. The van der Waals surface area contributed by atoms with E-state index in [4.69, 9.17) is 14.2 Å². The molecular weight excluding hydrogens is 719 g/mol. The van der Waals surface area contributed by atoms with Crippen LogP contribution in [0, 0.1) is 21.8 Å². The molecular formula is C27H21Br2IN2O5. The van der Waals surface area contributed by atoms with Crippen molar-refractivity contribution in [3.63, 3.8) is 0 Å². The number of hydrogen-bond acceptors (Lipinski definition) is 6. The average molecular weight is 740 g/mol. The second-order valence-electron chi connectivity index (χ2n) is 7.61. The highest BCUT2D eigenvalue weighted by Crippen LogP contribution is 2.36. The molecule has 3 aromatic carbocycles. The summed E-state index contributed by atoms with van der Waals surface area (Å²) in [6.07, 6.45) is 1.45. The first-order valence-electron chi connectivity index (χ1n) is 10.9. The van der Waals surface area contributed by atoms with E-state index in [0.717, 1.165) is 5.56 Å². The van der Waals surface area contributed by atoms with Gasteiger partial charge in [-0.25, -0.2) is 4.79 Å². The molecule has 0 aliphatic rings. The number of esters is 1. The van der Waals surface area contributed by atoms with Gasteiger partial charge in [-0.05, 0) is 134 Å². The smallest absolute Gasteiger partial charge is 0.343 e. The monoisotopic (exact) mass is 738 g/mol. The van der Waals surface area contributed by atoms with Gasteiger partial charge in [0.2, 0.25) is 0 Å². The Bertz CT molecular complexity index is 1390. The molecule has 3 rings (SSSR count). The van der Waals surface area contributed by atoms with Crippen molar-refractivity contribution in [1.29, 1.82) is 5.26 Å². The summed E-state index contributed by atoms with van der Waals surface area (Å²) in [5.74, 6) is 0.0451. The summed E-state index contributed by atoms with van der Waals surface area (Å²) in [5.41, 5.74) is 2.28. The summed E-state index contributed by atoms with van der Waals surface area (Å²) < 4.78 is 18.4. The minimum atomic E-state index is -0.573. The molecule has 1 amide bonds. The molecule has 37 heavy (non-hydrogen) atoms. The van der Waals surface area contributed by atoms with Crippen molar-refractivity contribution in [1.82, 2.24) is 0 Å². The number of aryl methyl sites for hydroxylation is 1. The Balaban J connectivity index is 1.90. The van der Waals surface area contributed by atoms with Crippen LogP contribution >= 0.6 is 54.5 Å². The van der Waals surface area contributed by atoms with Crippen LogP contribution in [0.25, 0.3) is 6.08 Å². The number of anilines is 1. The number of rotatable bonds is 8. The number of nitrogens with one attached hydrogen (secondary N) is 1. The minimum Gasteiger partial charge on any atom is -0.497 e. The Morgan fingerprint density at radius 3 is 2.32 bits per heavy atom. The van der Waals surface area contributed by atoms with Crippen molar-refractivity contribution in [3.8, 4) is 23.3 Å². The van der Waals surface area contributed by atoms with E-state index >= 15 is 0 Å². The number of carbonyl (C=O) groups is 2. The molecule has 0 bridgehead atoms. The van der Waals surface area contributed by atoms with Gasteiger partial charge in [-0.2, -0.15) is 5.26 Å². The summed E-state index contributed by atoms with van der Waals surface area (Å²) in [6, 6.07) is 15.5. The van der Waals surface area contributed by atoms with Crippen molar-refractivity contribution < 1.29 is 23.8 Å². The van der Waals surface area contributed by atoms with Crippen LogP contribution in [-0.2, 0) is 4.79 Å². The molecule has 3 aromatic rings. The van der Waals surface area contributed by atoms with E-state index in [1.165, 1.54) is 6.08 Å². The quantitative estimate of drug-likeness (QED) is 0.0857. The normalized spacial score (nSPS) is 10.9. The van der Waals surface area contributed by atoms with E-state index in [2.05, 4.69) is 37.2 Å². The van der Waals surface area contributed by atoms with Crippen molar-refractivity contribution in [2.75, 3.05) is 19.0 Å². The predicted octanol–water partition coefficient (Wildman–Crippen LogP) is 7.30. The van der Waals surface area contributed by atoms with Crippen molar-refractivity contribution >= 4 is 78.1 Å². The maximum absolute atomic E-state index is 12.9. The summed E-state index contributed by atoms with van der Waals surface area (Å²) in [4.78, 5) is 25.6. The van der Waals surface area contributed by atoms with Crippen molar-refractivity contribution in [2.24, 2.45) is 0 Å². The number of ether oxygens (including phenoxy) is 3. The average Bonchev–Trinajstić information content (AvgIpc) is 2.86. The molecule has 0 aliphatic carbocycles. The molecule has 190 valence electrons. The van der Waals surface area contributed by atoms with Crippen LogP contribution < -0.4 is 19.5 Å². The third-order valence-corrected chi connectivity index (χ3v) is 7.01. The van der Waals surface area contributed by atoms with E-state index < -0.39 is 11.9 Å². The van der Waals surface area contributed by atoms with E-state index in [1.54, 1.807) is 50.4 Å². The maximum atomic E-state index is 12.9. The molecule has 0 saturated carbocycles. The van der Waals surface area contributed by atoms with Crippen LogP contribution in [0.5, 0.6) is 17.2 Å². The van der Waals surface area contributed by atoms with Crippen LogP contribution in [-0.4, -0.2) is 25.6 Å². The Hall–Kier alpha value is -2.88. The number of carbonyl (C=O) groups excluding carboxylic acids is 2. The first-order valence-corrected chi connectivity index (χ1v) is 13.5. The molecule has 7 nitrogen and oxygen atoms in total. The van der Waals surface area contributed by atoms with Gasteiger partial charge in [-0.15, -0.1) is 0 Å². The van der Waals surface area contributed by atoms with Crippen molar-refractivity contribution in [3.05, 3.63) is 83.3 Å². The molecule has 0 aliphatic heterocycles. The molecule has 0 unspecified atom stereocenters. The van der Waals surface area contributed by atoms with Crippen LogP contribution in [0.2, 0.25) is 0 Å². The second-order valence-corrected chi connectivity index (χ2v) is 10.5. The summed E-state index contributed by atoms with van der Waals surface area (Å²) in [5, 5.41) is 12.4. The Kier molecular flexibility index (Phi) is 10.1. The Labute approximate surface area is 245 Å². The van der Waals surface area contributed by atoms with E-state index in [1.807, 2.05) is 47.7 Å². The number of nitriles is 1. The largest absolute Gasteiger partial charge is 0.497 e. The van der Waals surface area contributed by atoms with Gasteiger partial charge in [0.25, 0.3) is 5.91 Å². The second kappa shape index (κ2) is 13.1. The van der Waals surface area contributed by atoms with Gasteiger partial charge in [0.1, 0.15) is 17.4 Å². The number of methoxy groups -OCH3 is 1. The van der Waals surface area contributed by atoms with Crippen LogP contribution in [0.4, 0.5) is 5.69 Å². The summed E-state index contributed by atoms with van der Waals surface area (Å²) >= 11 is 8.90. The topological polar surface area (TPSA) is 97.6 Å². The summed E-state index contributed by atoms with van der Waals surface area (Å²) in [7, 11) is 1.54. The van der Waals surface area contributed by atoms with E-state index in [-0.39, 0.29) is 11.3 Å². The van der Waals surface area contributed by atoms with Crippen LogP contribution in [0.3, 0.4) is 0 Å². The van der Waals surface area contributed by atoms with E-state index in [9.17, 15) is 14.9 Å². The lowest BCUT2D eigenvalue weighted by Crippen LogP contribution is -2.14. The lowest BCUT2D eigenvalue weighted by molar-refractivity contribution is -0.112. The highest BCUT2D eigenvalue weighted by molar-refractivity contribution is 14.1. The lowest BCUT2D eigenvalue weighted by Gasteiger charge is -2.14. The standard InChI is InChI=1S/C27H21Br2IN2O5/c1-4-36-23-13-16(11-18(14-31)26(33)32-24-20(28)9-15(2)10-21(24)29)12-22(30)25(23)37-27(34)17-5-7-19(35-3)8-6-17/h5-13H,4H2,1-3H3,(H,32,33)/b18-11+. The van der Waals surface area contributed by atoms with Gasteiger partial charge >= 0.3 is 5.97 Å². The number of hydrogen-bond donors (Lipinski definition) is 1. The number of halogens is 3. The predicted molar refractivity (Wildman–Crippen MR) is 157 cm³/mol.